The van der Waals surface area contributed by atoms with Crippen molar-refractivity contribution in [3.63, 3.8) is 0 Å². The van der Waals surface area contributed by atoms with Crippen molar-refractivity contribution >= 4 is 23.7 Å². The van der Waals surface area contributed by atoms with Gasteiger partial charge in [-0.1, -0.05) is 13.3 Å². The predicted octanol–water partition coefficient (Wildman–Crippen LogP) is 1.45. The molecule has 1 aromatic rings. The molecule has 1 aromatic carbocycles. The monoisotopic (exact) mass is 374 g/mol. The van der Waals surface area contributed by atoms with Gasteiger partial charge in [0.1, 0.15) is 5.54 Å². The van der Waals surface area contributed by atoms with Crippen LogP contribution in [0.3, 0.4) is 0 Å². The van der Waals surface area contributed by atoms with Crippen molar-refractivity contribution in [2.24, 2.45) is 0 Å². The highest BCUT2D eigenvalue weighted by Crippen LogP contribution is 2.26. The molecule has 2 heterocycles. The maximum atomic E-state index is 12.6. The van der Waals surface area contributed by atoms with Gasteiger partial charge in [0.15, 0.2) is 0 Å². The Labute approximate surface area is 156 Å². The number of benzene rings is 1. The first-order chi connectivity index (χ1) is 12.9. The highest BCUT2D eigenvalue weighted by molar-refractivity contribution is 6.22. The Hall–Kier alpha value is -2.74. The molecule has 3 rings (SSSR count). The average molecular weight is 374 g/mol. The second-order valence-corrected chi connectivity index (χ2v) is 6.83. The van der Waals surface area contributed by atoms with Crippen LogP contribution in [0.1, 0.15) is 63.7 Å². The van der Waals surface area contributed by atoms with Crippen LogP contribution >= 0.6 is 0 Å². The van der Waals surface area contributed by atoms with E-state index in [-0.39, 0.29) is 48.7 Å². The van der Waals surface area contributed by atoms with Crippen LogP contribution in [0.15, 0.2) is 18.2 Å². The number of amides is 3. The molecule has 8 heteroatoms. The molecule has 0 radical (unpaired) electrons. The highest BCUT2D eigenvalue weighted by atomic mass is 16.5. The number of aliphatic carboxylic acids is 1. The third kappa shape index (κ3) is 3.44. The van der Waals surface area contributed by atoms with E-state index in [9.17, 15) is 24.3 Å². The molecule has 0 atom stereocenters. The zero-order valence-electron chi connectivity index (χ0n) is 15.1. The van der Waals surface area contributed by atoms with Gasteiger partial charge in [-0.05, 0) is 24.6 Å². The zero-order valence-corrected chi connectivity index (χ0v) is 15.1. The number of imide groups is 1. The van der Waals surface area contributed by atoms with E-state index in [4.69, 9.17) is 4.74 Å². The summed E-state index contributed by atoms with van der Waals surface area (Å²) >= 11 is 0. The lowest BCUT2D eigenvalue weighted by atomic mass is 9.89. The van der Waals surface area contributed by atoms with Gasteiger partial charge in [-0.25, -0.2) is 4.79 Å². The molecule has 0 unspecified atom stereocenters. The van der Waals surface area contributed by atoms with E-state index in [1.165, 1.54) is 23.1 Å². The Morgan fingerprint density at radius 3 is 2.48 bits per heavy atom. The predicted molar refractivity (Wildman–Crippen MR) is 94.6 cm³/mol. The molecule has 8 nitrogen and oxygen atoms in total. The number of carbonyl (C=O) groups is 4. The van der Waals surface area contributed by atoms with E-state index in [0.29, 0.717) is 13.0 Å². The van der Waals surface area contributed by atoms with Gasteiger partial charge in [-0.2, -0.15) is 0 Å². The van der Waals surface area contributed by atoms with Gasteiger partial charge in [0.05, 0.1) is 11.1 Å². The molecule has 27 heavy (non-hydrogen) atoms. The van der Waals surface area contributed by atoms with Gasteiger partial charge in [-0.15, -0.1) is 0 Å². The molecule has 0 saturated carbocycles. The summed E-state index contributed by atoms with van der Waals surface area (Å²) in [5.41, 5.74) is -0.785. The van der Waals surface area contributed by atoms with Crippen LogP contribution in [0.5, 0.6) is 0 Å². The molecule has 0 aliphatic carbocycles. The van der Waals surface area contributed by atoms with Gasteiger partial charge in [0.25, 0.3) is 17.7 Å². The summed E-state index contributed by atoms with van der Waals surface area (Å²) in [6.07, 6.45) is 1.90. The minimum atomic E-state index is -1.39. The Bertz CT molecular complexity index is 797. The molecule has 0 spiro atoms. The lowest BCUT2D eigenvalue weighted by Gasteiger charge is -2.33. The molecule has 1 saturated heterocycles. The van der Waals surface area contributed by atoms with Crippen LogP contribution in [-0.2, 0) is 9.53 Å². The maximum Gasteiger partial charge on any atom is 0.329 e. The normalized spacial score (nSPS) is 18.3. The summed E-state index contributed by atoms with van der Waals surface area (Å²) in [7, 11) is 0. The number of rotatable bonds is 6. The Balaban J connectivity index is 1.82. The second kappa shape index (κ2) is 7.48. The van der Waals surface area contributed by atoms with Crippen LogP contribution in [0.25, 0.3) is 0 Å². The van der Waals surface area contributed by atoms with Crippen molar-refractivity contribution < 1.29 is 29.0 Å². The third-order valence-corrected chi connectivity index (χ3v) is 5.08. The van der Waals surface area contributed by atoms with Crippen LogP contribution in [0.4, 0.5) is 0 Å². The highest BCUT2D eigenvalue weighted by Gasteiger charge is 2.42. The van der Waals surface area contributed by atoms with Crippen LogP contribution in [0, 0.1) is 0 Å². The van der Waals surface area contributed by atoms with E-state index in [0.717, 1.165) is 6.42 Å². The summed E-state index contributed by atoms with van der Waals surface area (Å²) in [5, 5.41) is 12.1. The van der Waals surface area contributed by atoms with Crippen molar-refractivity contribution in [2.75, 3.05) is 19.8 Å². The number of nitrogens with one attached hydrogen (secondary N) is 1. The lowest BCUT2D eigenvalue weighted by molar-refractivity contribution is -0.148. The quantitative estimate of drug-likeness (QED) is 0.729. The van der Waals surface area contributed by atoms with E-state index in [2.05, 4.69) is 5.32 Å². The van der Waals surface area contributed by atoms with E-state index >= 15 is 0 Å². The minimum Gasteiger partial charge on any atom is -0.480 e. The summed E-state index contributed by atoms with van der Waals surface area (Å²) in [4.78, 5) is 50.4. The maximum absolute atomic E-state index is 12.6. The lowest BCUT2D eigenvalue weighted by Crippen LogP contribution is -2.57. The summed E-state index contributed by atoms with van der Waals surface area (Å²) in [6.45, 7) is 2.80. The number of carboxylic acid groups (broad SMARTS) is 1. The molecular formula is C19H22N2O6. The summed E-state index contributed by atoms with van der Waals surface area (Å²) in [6, 6.07) is 4.26. The smallest absolute Gasteiger partial charge is 0.329 e. The molecule has 0 bridgehead atoms. The molecule has 2 N–H and O–H groups in total. The number of carbonyl (C=O) groups excluding carboxylic acids is 3. The van der Waals surface area contributed by atoms with Crippen molar-refractivity contribution in [1.29, 1.82) is 0 Å². The van der Waals surface area contributed by atoms with Crippen LogP contribution in [0.2, 0.25) is 0 Å². The summed E-state index contributed by atoms with van der Waals surface area (Å²) < 4.78 is 5.19. The van der Waals surface area contributed by atoms with Crippen molar-refractivity contribution in [3.05, 3.63) is 34.9 Å². The van der Waals surface area contributed by atoms with E-state index in [1.54, 1.807) is 0 Å². The Kier molecular flexibility index (Phi) is 5.27. The molecule has 0 aromatic heterocycles. The first kappa shape index (κ1) is 19.0. The molecule has 1 fully saturated rings. The van der Waals surface area contributed by atoms with E-state index < -0.39 is 23.3 Å². The number of carboxylic acids is 1. The number of ether oxygens (including phenoxy) is 1. The second-order valence-electron chi connectivity index (χ2n) is 6.83. The SMILES string of the molecule is CCCCN1C(=O)c2ccc(C(=O)NC3(C(=O)O)CCOCC3)cc2C1=O. The van der Waals surface area contributed by atoms with Crippen molar-refractivity contribution in [3.8, 4) is 0 Å². The topological polar surface area (TPSA) is 113 Å². The van der Waals surface area contributed by atoms with Crippen molar-refractivity contribution in [1.82, 2.24) is 10.2 Å². The Morgan fingerprint density at radius 2 is 1.85 bits per heavy atom. The largest absolute Gasteiger partial charge is 0.480 e. The standard InChI is InChI=1S/C19H22N2O6/c1-2-3-8-21-16(23)13-5-4-12(11-14(13)17(21)24)15(22)20-19(18(25)26)6-9-27-10-7-19/h4-5,11H,2-3,6-10H2,1H3,(H,20,22)(H,25,26). The first-order valence-electron chi connectivity index (χ1n) is 9.03. The van der Waals surface area contributed by atoms with Crippen LogP contribution in [-0.4, -0.2) is 59.0 Å². The summed E-state index contributed by atoms with van der Waals surface area (Å²) in [5.74, 6) is -2.48. The number of fused-ring (bicyclic) bond motifs is 1. The first-order valence-corrected chi connectivity index (χ1v) is 9.03. The fourth-order valence-electron chi connectivity index (χ4n) is 3.35. The number of hydrogen-bond donors (Lipinski definition) is 2. The van der Waals surface area contributed by atoms with Crippen LogP contribution < -0.4 is 5.32 Å². The molecule has 144 valence electrons. The Morgan fingerprint density at radius 1 is 1.19 bits per heavy atom. The number of hydrogen-bond acceptors (Lipinski definition) is 5. The zero-order chi connectivity index (χ0) is 19.6. The molecule has 2 aliphatic heterocycles. The number of unbranched alkanes of at least 4 members (excludes halogenated alkanes) is 1. The average Bonchev–Trinajstić information content (AvgIpc) is 2.90. The minimum absolute atomic E-state index is 0.152. The third-order valence-electron chi connectivity index (χ3n) is 5.08. The number of nitrogens with zero attached hydrogens (tertiary/aromatic N) is 1. The fraction of sp³-hybridized carbons (Fsp3) is 0.474. The van der Waals surface area contributed by atoms with Crippen molar-refractivity contribution in [2.45, 2.75) is 38.1 Å². The molecular weight excluding hydrogens is 352 g/mol. The van der Waals surface area contributed by atoms with Gasteiger partial charge >= 0.3 is 5.97 Å². The van der Waals surface area contributed by atoms with Gasteiger partial charge in [0, 0.05) is 38.2 Å². The van der Waals surface area contributed by atoms with Gasteiger partial charge in [-0.3, -0.25) is 19.3 Å². The van der Waals surface area contributed by atoms with Gasteiger partial charge in [0.2, 0.25) is 0 Å². The van der Waals surface area contributed by atoms with E-state index in [1.807, 2.05) is 6.92 Å². The molecule has 3 amide bonds. The van der Waals surface area contributed by atoms with Gasteiger partial charge < -0.3 is 15.2 Å². The molecule has 2 aliphatic rings. The fourth-order valence-corrected chi connectivity index (χ4v) is 3.35.